The summed E-state index contributed by atoms with van der Waals surface area (Å²) in [5.41, 5.74) is 20.4. The summed E-state index contributed by atoms with van der Waals surface area (Å²) >= 11 is 0. The Labute approximate surface area is 480 Å². The first kappa shape index (κ1) is 67.7. The van der Waals surface area contributed by atoms with Crippen molar-refractivity contribution in [1.82, 2.24) is 18.7 Å². The molecule has 0 bridgehead atoms. The zero-order valence-electron chi connectivity index (χ0n) is 45.9. The zero-order valence-corrected chi connectivity index (χ0v) is 48.2. The summed E-state index contributed by atoms with van der Waals surface area (Å²) in [6.07, 6.45) is 13.6. The minimum absolute atomic E-state index is 0. The van der Waals surface area contributed by atoms with Crippen LogP contribution in [0.3, 0.4) is 0 Å². The van der Waals surface area contributed by atoms with Crippen molar-refractivity contribution in [1.29, 1.82) is 0 Å². The summed E-state index contributed by atoms with van der Waals surface area (Å²) in [5, 5.41) is 33.3. The lowest BCUT2D eigenvalue weighted by atomic mass is 10.1. The first-order valence-electron chi connectivity index (χ1n) is 23.7. The number of nitrogens with two attached hydrogens (primary N) is 2. The van der Waals surface area contributed by atoms with Gasteiger partial charge in [-0.05, 0) is 72.8 Å². The molecule has 0 fully saturated rings. The summed E-state index contributed by atoms with van der Waals surface area (Å²) in [7, 11) is 16.4. The van der Waals surface area contributed by atoms with Crippen molar-refractivity contribution in [3.8, 4) is 11.5 Å². The molecule has 0 saturated heterocycles. The van der Waals surface area contributed by atoms with E-state index in [-0.39, 0.29) is 38.8 Å². The van der Waals surface area contributed by atoms with Gasteiger partial charge in [0.1, 0.15) is 43.7 Å². The number of nitrogen functional groups attached to an aromatic ring is 2. The number of nitrogens with zero attached hydrogens (tertiary/aromatic N) is 14. The highest BCUT2D eigenvalue weighted by Gasteiger charge is 2.14. The molecule has 2 aliphatic rings. The molecule has 0 radical (unpaired) electrons. The monoisotopic (exact) mass is 1150 g/mol. The fourth-order valence-electron chi connectivity index (χ4n) is 6.61. The molecule has 6 N–H and O–H groups in total. The van der Waals surface area contributed by atoms with E-state index in [2.05, 4.69) is 39.6 Å². The first-order chi connectivity index (χ1) is 36.6. The van der Waals surface area contributed by atoms with Crippen LogP contribution < -0.4 is 69.8 Å². The topological polar surface area (TPSA) is 255 Å². The summed E-state index contributed by atoms with van der Waals surface area (Å²) in [6, 6.07) is 38.7. The average molecular weight is 1160 g/mol. The number of benzene rings is 5. The first-order valence-corrected chi connectivity index (χ1v) is 25.0. The Kier molecular flexibility index (Phi) is 27.4. The van der Waals surface area contributed by atoms with Gasteiger partial charge >= 0.3 is 22.3 Å². The van der Waals surface area contributed by atoms with Gasteiger partial charge in [0.05, 0.1) is 84.7 Å². The van der Waals surface area contributed by atoms with Crippen LogP contribution in [-0.4, -0.2) is 80.8 Å². The molecule has 80 heavy (non-hydrogen) atoms. The molecule has 0 amide bonds. The van der Waals surface area contributed by atoms with Gasteiger partial charge in [-0.2, -0.15) is 13.5 Å². The Morgan fingerprint density at radius 2 is 1.26 bits per heavy atom. The summed E-state index contributed by atoms with van der Waals surface area (Å²) < 4.78 is 47.2. The second kappa shape index (κ2) is 32.5. The molecular formula is C55H72Cl2N16O6S+2. The molecule has 25 heteroatoms. The number of azo groups is 2. The van der Waals surface area contributed by atoms with E-state index in [1.54, 1.807) is 24.3 Å². The van der Waals surface area contributed by atoms with Gasteiger partial charge in [0, 0.05) is 83.8 Å². The third-order valence-electron chi connectivity index (χ3n) is 11.1. The molecule has 0 unspecified atom stereocenters. The smallest absolute Gasteiger partial charge is 0.421 e. The maximum Gasteiger partial charge on any atom is 0.421 e. The number of aryl methyl sites for hydroxylation is 5. The highest BCUT2D eigenvalue weighted by atomic mass is 35.5. The van der Waals surface area contributed by atoms with Crippen LogP contribution in [0, 0.1) is 0 Å². The van der Waals surface area contributed by atoms with Crippen molar-refractivity contribution < 1.29 is 65.2 Å². The molecule has 3 aromatic heterocycles. The van der Waals surface area contributed by atoms with Crippen molar-refractivity contribution in [3.05, 3.63) is 175 Å². The molecule has 1 aliphatic carbocycles. The number of aliphatic hydroxyl groups excluding tert-OH is 1. The van der Waals surface area contributed by atoms with Crippen LogP contribution in [0.15, 0.2) is 188 Å². The summed E-state index contributed by atoms with van der Waals surface area (Å²) in [6.45, 7) is -0.110. The lowest BCUT2D eigenvalue weighted by molar-refractivity contribution is -0.671. The van der Waals surface area contributed by atoms with E-state index in [0.29, 0.717) is 28.1 Å². The van der Waals surface area contributed by atoms with E-state index in [1.165, 1.54) is 0 Å². The maximum absolute atomic E-state index is 9.33. The molecule has 0 atom stereocenters. The minimum Gasteiger partial charge on any atom is -1.00 e. The van der Waals surface area contributed by atoms with Crippen molar-refractivity contribution in [3.63, 3.8) is 0 Å². The highest BCUT2D eigenvalue weighted by Crippen LogP contribution is 2.27. The summed E-state index contributed by atoms with van der Waals surface area (Å²) in [4.78, 5) is 6.60. The van der Waals surface area contributed by atoms with Crippen LogP contribution in [0.5, 0.6) is 0 Å². The SMILES string of the molecule is C.CN(C)c1ccc(N=Nc2n(C)cc[n+]2C)cc1.CN(N=Cc1cc[n+](C)cc1)c1ccccc1.COS(=O)(=O)O.C[N+](C)=c1ccc2nc3cc(CO)c(N)cc3oc-2c1.Cn1cc[n+](C)c1N=Nc1ccc(N)cc1.[Cl-].[Cl-]. The highest BCUT2D eigenvalue weighted by molar-refractivity contribution is 7.80. The lowest BCUT2D eigenvalue weighted by Crippen LogP contribution is -3.00. The number of imidazole rings is 2. The fourth-order valence-corrected chi connectivity index (χ4v) is 6.61. The van der Waals surface area contributed by atoms with Gasteiger partial charge in [0.25, 0.3) is 0 Å². The molecule has 4 aromatic carbocycles. The van der Waals surface area contributed by atoms with E-state index >= 15 is 0 Å². The van der Waals surface area contributed by atoms with Crippen molar-refractivity contribution in [2.75, 3.05) is 63.7 Å². The van der Waals surface area contributed by atoms with Crippen LogP contribution in [0.2, 0.25) is 0 Å². The van der Waals surface area contributed by atoms with Gasteiger partial charge in [0.15, 0.2) is 23.7 Å². The van der Waals surface area contributed by atoms with Crippen molar-refractivity contribution >= 4 is 73.7 Å². The summed E-state index contributed by atoms with van der Waals surface area (Å²) in [5.74, 6) is 2.31. The van der Waals surface area contributed by atoms with Crippen LogP contribution in [0.1, 0.15) is 18.6 Å². The number of hydrazone groups is 1. The van der Waals surface area contributed by atoms with Crippen molar-refractivity contribution in [2.24, 2.45) is 60.8 Å². The van der Waals surface area contributed by atoms with E-state index in [1.807, 2.05) is 243 Å². The van der Waals surface area contributed by atoms with Gasteiger partial charge < -0.3 is 50.7 Å². The molecule has 22 nitrogen and oxygen atoms in total. The Morgan fingerprint density at radius 1 is 0.738 bits per heavy atom. The van der Waals surface area contributed by atoms with Gasteiger partial charge in [-0.3, -0.25) is 13.7 Å². The molecule has 4 heterocycles. The number of pyridine rings is 1. The molecule has 0 saturated carbocycles. The molecule has 7 aromatic rings. The number of hydrogen-bond acceptors (Lipinski definition) is 15. The largest absolute Gasteiger partial charge is 1.00 e. The van der Waals surface area contributed by atoms with Crippen LogP contribution in [0.25, 0.3) is 22.6 Å². The Hall–Kier alpha value is -8.45. The number of aliphatic hydroxyl groups is 1. The molecular weight excluding hydrogens is 1080 g/mol. The second-order valence-electron chi connectivity index (χ2n) is 17.5. The third-order valence-corrected chi connectivity index (χ3v) is 11.5. The van der Waals surface area contributed by atoms with E-state index in [4.69, 9.17) is 20.4 Å². The zero-order chi connectivity index (χ0) is 56.2. The predicted molar refractivity (Wildman–Crippen MR) is 307 cm³/mol. The van der Waals surface area contributed by atoms with Gasteiger partial charge in [0.2, 0.25) is 5.36 Å². The number of anilines is 4. The molecule has 1 aliphatic heterocycles. The van der Waals surface area contributed by atoms with E-state index in [0.717, 1.165) is 64.1 Å². The second-order valence-corrected chi connectivity index (χ2v) is 18.7. The number of halogens is 2. The maximum atomic E-state index is 9.33. The number of para-hydroxylation sites is 1. The fraction of sp³-hybridized carbons (Fsp3) is 0.236. The average Bonchev–Trinajstić information content (AvgIpc) is 3.92. The normalized spacial score (nSPS) is 10.7. The standard InChI is InChI=1S/C15H15N3O2.C14H16N3.C13H18N5.C11H13N5.CH4O4S.CH4.2ClH/c1-18(2)10-3-4-12-14(6-10)20-15-7-11(16)9(8-19)5-13(15)17-12;1-16-10-8-13(9-11-16)12-15-17(2)14-6-4-3-5-7-14;1-16(2)12-7-5-11(6-8-12)14-15-13-17(3)9-10-18(13)4;1-15-7-8-16(2)11(15)14-13-10-5-3-9(12)4-6-10;1-5-6(2,3)4;;;/h3-7,16,19H,8H2,1-2H3;3-12H,1-2H3;5-10H,1-4H3;3-8,12H,1-2H3;1H3,(H,2,3,4);1H4;2*1H/q;2*+1;;;;;. The van der Waals surface area contributed by atoms with Crippen LogP contribution in [0.4, 0.5) is 46.0 Å². The van der Waals surface area contributed by atoms with Gasteiger partial charge in [-0.15, -0.1) is 0 Å². The van der Waals surface area contributed by atoms with Crippen LogP contribution in [-0.2, 0) is 56.4 Å². The van der Waals surface area contributed by atoms with Gasteiger partial charge in [-0.25, -0.2) is 32.4 Å². The van der Waals surface area contributed by atoms with Crippen LogP contribution >= 0.6 is 0 Å². The number of rotatable bonds is 10. The number of hydrogen-bond donors (Lipinski definition) is 4. The third kappa shape index (κ3) is 21.1. The number of aromatic nitrogens is 6. The Bertz CT molecular complexity index is 3530. The predicted octanol–water partition coefficient (Wildman–Crippen LogP) is 1.28. The minimum atomic E-state index is -4.16. The lowest BCUT2D eigenvalue weighted by Gasteiger charge is -2.11. The molecule has 0 spiro atoms. The molecule has 9 rings (SSSR count). The Balaban J connectivity index is 0.000000349. The Morgan fingerprint density at radius 3 is 1.73 bits per heavy atom. The molecule has 426 valence electrons. The van der Waals surface area contributed by atoms with E-state index in [9.17, 15) is 13.5 Å². The van der Waals surface area contributed by atoms with Crippen molar-refractivity contribution in [2.45, 2.75) is 14.0 Å². The van der Waals surface area contributed by atoms with Gasteiger partial charge in [-0.1, -0.05) is 35.9 Å². The quantitative estimate of drug-likeness (QED) is 0.0289. The van der Waals surface area contributed by atoms with E-state index < -0.39 is 10.4 Å². The number of fused-ring (bicyclic) bond motifs is 2.